The second kappa shape index (κ2) is 7.16. The van der Waals surface area contributed by atoms with Gasteiger partial charge in [0.2, 0.25) is 11.8 Å². The molecule has 2 amide bonds. The molecule has 0 bridgehead atoms. The van der Waals surface area contributed by atoms with Gasteiger partial charge in [-0.15, -0.1) is 0 Å². The van der Waals surface area contributed by atoms with E-state index >= 15 is 0 Å². The van der Waals surface area contributed by atoms with E-state index in [1.165, 1.54) is 14.2 Å². The number of hydrogen-bond acceptors (Lipinski definition) is 6. The summed E-state index contributed by atoms with van der Waals surface area (Å²) in [5.74, 6) is -0.106. The maximum absolute atomic E-state index is 12.4. The zero-order valence-corrected chi connectivity index (χ0v) is 13.9. The SMILES string of the molecule is COc1cc(-c2cccc(C(=O)N[C@@H]3CCNC3=O)c2)nc(OC)n1. The third-order valence-electron chi connectivity index (χ3n) is 3.85. The Morgan fingerprint density at radius 3 is 2.76 bits per heavy atom. The lowest BCUT2D eigenvalue weighted by molar-refractivity contribution is -0.120. The zero-order chi connectivity index (χ0) is 17.8. The van der Waals surface area contributed by atoms with E-state index in [1.54, 1.807) is 24.3 Å². The second-order valence-electron chi connectivity index (χ2n) is 5.47. The summed E-state index contributed by atoms with van der Waals surface area (Å²) >= 11 is 0. The number of carbonyl (C=O) groups excluding carboxylic acids is 2. The van der Waals surface area contributed by atoms with E-state index in [1.807, 2.05) is 6.07 Å². The van der Waals surface area contributed by atoms with Crippen LogP contribution in [0.25, 0.3) is 11.3 Å². The van der Waals surface area contributed by atoms with Crippen LogP contribution in [0.1, 0.15) is 16.8 Å². The molecule has 1 atom stereocenters. The highest BCUT2D eigenvalue weighted by atomic mass is 16.5. The van der Waals surface area contributed by atoms with Crippen molar-refractivity contribution in [1.29, 1.82) is 0 Å². The lowest BCUT2D eigenvalue weighted by Gasteiger charge is -2.11. The smallest absolute Gasteiger partial charge is 0.320 e. The number of ether oxygens (including phenoxy) is 2. The number of aromatic nitrogens is 2. The third kappa shape index (κ3) is 3.68. The molecular formula is C17H18N4O4. The van der Waals surface area contributed by atoms with E-state index in [2.05, 4.69) is 20.6 Å². The first-order chi connectivity index (χ1) is 12.1. The normalized spacial score (nSPS) is 16.2. The van der Waals surface area contributed by atoms with Gasteiger partial charge in [0.25, 0.3) is 5.91 Å². The number of hydrogen-bond donors (Lipinski definition) is 2. The van der Waals surface area contributed by atoms with E-state index < -0.39 is 6.04 Å². The van der Waals surface area contributed by atoms with Gasteiger partial charge < -0.3 is 20.1 Å². The molecule has 0 spiro atoms. The van der Waals surface area contributed by atoms with Crippen LogP contribution in [0.2, 0.25) is 0 Å². The molecule has 0 unspecified atom stereocenters. The number of nitrogens with zero attached hydrogens (tertiary/aromatic N) is 2. The van der Waals surface area contributed by atoms with Crippen LogP contribution in [-0.2, 0) is 4.79 Å². The lowest BCUT2D eigenvalue weighted by atomic mass is 10.1. The summed E-state index contributed by atoms with van der Waals surface area (Å²) in [4.78, 5) is 32.3. The fourth-order valence-electron chi connectivity index (χ4n) is 2.54. The maximum Gasteiger partial charge on any atom is 0.320 e. The van der Waals surface area contributed by atoms with Crippen molar-refractivity contribution in [3.63, 3.8) is 0 Å². The van der Waals surface area contributed by atoms with Crippen molar-refractivity contribution < 1.29 is 19.1 Å². The molecule has 25 heavy (non-hydrogen) atoms. The Hall–Kier alpha value is -3.16. The van der Waals surface area contributed by atoms with Crippen molar-refractivity contribution in [1.82, 2.24) is 20.6 Å². The van der Waals surface area contributed by atoms with Gasteiger partial charge in [-0.2, -0.15) is 9.97 Å². The van der Waals surface area contributed by atoms with Gasteiger partial charge in [0.05, 0.1) is 19.9 Å². The Labute approximate surface area is 144 Å². The number of benzene rings is 1. The van der Waals surface area contributed by atoms with Crippen molar-refractivity contribution >= 4 is 11.8 Å². The number of methoxy groups -OCH3 is 2. The number of nitrogens with one attached hydrogen (secondary N) is 2. The van der Waals surface area contributed by atoms with E-state index in [9.17, 15) is 9.59 Å². The molecule has 1 aromatic heterocycles. The van der Waals surface area contributed by atoms with Crippen LogP contribution in [-0.4, -0.2) is 48.6 Å². The molecule has 3 rings (SSSR count). The number of rotatable bonds is 5. The molecule has 1 saturated heterocycles. The summed E-state index contributed by atoms with van der Waals surface area (Å²) in [5, 5.41) is 5.43. The highest BCUT2D eigenvalue weighted by molar-refractivity contribution is 5.98. The molecule has 2 aromatic rings. The summed E-state index contributed by atoms with van der Waals surface area (Å²) in [6, 6.07) is 8.29. The number of carbonyl (C=O) groups is 2. The predicted molar refractivity (Wildman–Crippen MR) is 89.5 cm³/mol. The van der Waals surface area contributed by atoms with Crippen LogP contribution in [0.5, 0.6) is 11.9 Å². The quantitative estimate of drug-likeness (QED) is 0.832. The maximum atomic E-state index is 12.4. The first kappa shape index (κ1) is 16.7. The van der Waals surface area contributed by atoms with Crippen molar-refractivity contribution in [3.05, 3.63) is 35.9 Å². The summed E-state index contributed by atoms with van der Waals surface area (Å²) < 4.78 is 10.2. The highest BCUT2D eigenvalue weighted by Crippen LogP contribution is 2.24. The Morgan fingerprint density at radius 1 is 1.24 bits per heavy atom. The molecule has 1 aliphatic rings. The van der Waals surface area contributed by atoms with Crippen molar-refractivity contribution in [3.8, 4) is 23.1 Å². The fourth-order valence-corrected chi connectivity index (χ4v) is 2.54. The fraction of sp³-hybridized carbons (Fsp3) is 0.294. The van der Waals surface area contributed by atoms with Gasteiger partial charge in [0.1, 0.15) is 6.04 Å². The average Bonchev–Trinajstić information content (AvgIpc) is 3.06. The highest BCUT2D eigenvalue weighted by Gasteiger charge is 2.26. The molecule has 2 N–H and O–H groups in total. The zero-order valence-electron chi connectivity index (χ0n) is 13.9. The van der Waals surface area contributed by atoms with Gasteiger partial charge in [-0.1, -0.05) is 12.1 Å². The molecule has 8 nitrogen and oxygen atoms in total. The van der Waals surface area contributed by atoms with E-state index in [0.717, 1.165) is 0 Å². The first-order valence-corrected chi connectivity index (χ1v) is 7.77. The average molecular weight is 342 g/mol. The van der Waals surface area contributed by atoms with E-state index in [-0.39, 0.29) is 17.8 Å². The van der Waals surface area contributed by atoms with Gasteiger partial charge in [-0.25, -0.2) is 0 Å². The molecule has 0 aliphatic carbocycles. The van der Waals surface area contributed by atoms with Crippen molar-refractivity contribution in [2.75, 3.05) is 20.8 Å². The van der Waals surface area contributed by atoms with Crippen molar-refractivity contribution in [2.45, 2.75) is 12.5 Å². The molecule has 8 heteroatoms. The van der Waals surface area contributed by atoms with Gasteiger partial charge in [0, 0.05) is 23.7 Å². The number of amides is 2. The summed E-state index contributed by atoms with van der Waals surface area (Å²) in [5.41, 5.74) is 1.72. The molecule has 1 aliphatic heterocycles. The van der Waals surface area contributed by atoms with Crippen LogP contribution in [0, 0.1) is 0 Å². The molecule has 1 fully saturated rings. The van der Waals surface area contributed by atoms with E-state index in [4.69, 9.17) is 9.47 Å². The van der Waals surface area contributed by atoms with Gasteiger partial charge in [0.15, 0.2) is 0 Å². The minimum atomic E-state index is -0.490. The Balaban J connectivity index is 1.86. The molecule has 0 saturated carbocycles. The molecule has 1 aromatic carbocycles. The standard InChI is InChI=1S/C17H18N4O4/c1-24-14-9-13(20-17(21-14)25-2)10-4-3-5-11(8-10)15(22)19-12-6-7-18-16(12)23/h3-5,8-9,12H,6-7H2,1-2H3,(H,18,23)(H,19,22)/t12-/m1/s1. The monoisotopic (exact) mass is 342 g/mol. The molecular weight excluding hydrogens is 324 g/mol. The first-order valence-electron chi connectivity index (χ1n) is 7.77. The topological polar surface area (TPSA) is 102 Å². The Kier molecular flexibility index (Phi) is 4.78. The van der Waals surface area contributed by atoms with Crippen LogP contribution < -0.4 is 20.1 Å². The molecule has 130 valence electrons. The third-order valence-corrected chi connectivity index (χ3v) is 3.85. The minimum Gasteiger partial charge on any atom is -0.481 e. The van der Waals surface area contributed by atoms with Gasteiger partial charge in [-0.3, -0.25) is 9.59 Å². The molecule has 2 heterocycles. The lowest BCUT2D eigenvalue weighted by Crippen LogP contribution is -2.40. The van der Waals surface area contributed by atoms with Crippen LogP contribution >= 0.6 is 0 Å². The molecule has 0 radical (unpaired) electrons. The minimum absolute atomic E-state index is 0.158. The summed E-state index contributed by atoms with van der Waals surface area (Å²) in [6.45, 7) is 0.574. The van der Waals surface area contributed by atoms with Crippen LogP contribution in [0.3, 0.4) is 0 Å². The summed E-state index contributed by atoms with van der Waals surface area (Å²) in [6.07, 6.45) is 0.588. The largest absolute Gasteiger partial charge is 0.481 e. The Bertz CT molecular complexity index is 787. The van der Waals surface area contributed by atoms with Crippen molar-refractivity contribution in [2.24, 2.45) is 0 Å². The summed E-state index contributed by atoms with van der Waals surface area (Å²) in [7, 11) is 2.97. The Morgan fingerprint density at radius 2 is 2.08 bits per heavy atom. The van der Waals surface area contributed by atoms with Gasteiger partial charge in [-0.05, 0) is 18.6 Å². The second-order valence-corrected chi connectivity index (χ2v) is 5.47. The van der Waals surface area contributed by atoms with Gasteiger partial charge >= 0.3 is 6.01 Å². The predicted octanol–water partition coefficient (Wildman–Crippen LogP) is 0.779. The van der Waals surface area contributed by atoms with Crippen LogP contribution in [0.4, 0.5) is 0 Å². The van der Waals surface area contributed by atoms with Crippen LogP contribution in [0.15, 0.2) is 30.3 Å². The van der Waals surface area contributed by atoms with E-state index in [0.29, 0.717) is 35.7 Å².